The number of rotatable bonds is 4. The molecule has 0 atom stereocenters. The van der Waals surface area contributed by atoms with Crippen molar-refractivity contribution in [2.75, 3.05) is 7.11 Å². The van der Waals surface area contributed by atoms with E-state index in [1.807, 2.05) is 26.8 Å². The molecule has 1 aromatic carbocycles. The maximum Gasteiger partial charge on any atom is 0.252 e. The third kappa shape index (κ3) is 3.21. The highest BCUT2D eigenvalue weighted by Crippen LogP contribution is 2.21. The Morgan fingerprint density at radius 1 is 1.33 bits per heavy atom. The van der Waals surface area contributed by atoms with Gasteiger partial charge in [0.05, 0.1) is 7.11 Å². The van der Waals surface area contributed by atoms with Gasteiger partial charge in [0, 0.05) is 5.56 Å². The van der Waals surface area contributed by atoms with Crippen LogP contribution in [0.15, 0.2) is 22.7 Å². The maximum atomic E-state index is 12.4. The number of hydrogen-bond acceptors (Lipinski definition) is 5. The smallest absolute Gasteiger partial charge is 0.252 e. The summed E-state index contributed by atoms with van der Waals surface area (Å²) in [6.45, 7) is 7.23. The molecule has 112 valence electrons. The summed E-state index contributed by atoms with van der Waals surface area (Å²) < 4.78 is 10.3. The standard InChI is InChI=1S/C15H19N3O3/c1-9-8-11(20-5)6-7-12(9)13(19)17-15(3,4)14-16-10(2)18-21-14/h6-8H,1-5H3,(H,17,19). The monoisotopic (exact) mass is 289 g/mol. The molecular weight excluding hydrogens is 270 g/mol. The Bertz CT molecular complexity index is 662. The van der Waals surface area contributed by atoms with Crippen LogP contribution in [0.2, 0.25) is 0 Å². The van der Waals surface area contributed by atoms with Gasteiger partial charge >= 0.3 is 0 Å². The van der Waals surface area contributed by atoms with E-state index in [0.29, 0.717) is 17.3 Å². The van der Waals surface area contributed by atoms with Gasteiger partial charge in [-0.05, 0) is 51.5 Å². The summed E-state index contributed by atoms with van der Waals surface area (Å²) in [6.07, 6.45) is 0. The van der Waals surface area contributed by atoms with Crippen molar-refractivity contribution in [3.05, 3.63) is 41.0 Å². The fourth-order valence-electron chi connectivity index (χ4n) is 1.97. The van der Waals surface area contributed by atoms with Crippen molar-refractivity contribution in [3.63, 3.8) is 0 Å². The topological polar surface area (TPSA) is 77.2 Å². The zero-order valence-corrected chi connectivity index (χ0v) is 12.9. The fraction of sp³-hybridized carbons (Fsp3) is 0.400. The van der Waals surface area contributed by atoms with Crippen molar-refractivity contribution in [3.8, 4) is 5.75 Å². The minimum absolute atomic E-state index is 0.198. The molecule has 1 N–H and O–H groups in total. The fourth-order valence-corrected chi connectivity index (χ4v) is 1.97. The van der Waals surface area contributed by atoms with Gasteiger partial charge in [-0.25, -0.2) is 0 Å². The average Bonchev–Trinajstić information content (AvgIpc) is 2.85. The predicted octanol–water partition coefficient (Wildman–Crippen LogP) is 2.36. The van der Waals surface area contributed by atoms with Crippen LogP contribution < -0.4 is 10.1 Å². The number of benzene rings is 1. The molecule has 0 aliphatic rings. The molecule has 0 saturated carbocycles. The molecule has 6 nitrogen and oxygen atoms in total. The number of aromatic nitrogens is 2. The molecule has 2 rings (SSSR count). The van der Waals surface area contributed by atoms with Crippen molar-refractivity contribution >= 4 is 5.91 Å². The van der Waals surface area contributed by atoms with Gasteiger partial charge in [0.1, 0.15) is 11.3 Å². The SMILES string of the molecule is COc1ccc(C(=O)NC(C)(C)c2nc(C)no2)c(C)c1. The number of nitrogens with zero attached hydrogens (tertiary/aromatic N) is 2. The van der Waals surface area contributed by atoms with Crippen LogP contribution in [0.25, 0.3) is 0 Å². The lowest BCUT2D eigenvalue weighted by molar-refractivity contribution is 0.0894. The van der Waals surface area contributed by atoms with Crippen LogP contribution in [0.4, 0.5) is 0 Å². The van der Waals surface area contributed by atoms with E-state index in [1.165, 1.54) is 0 Å². The summed E-state index contributed by atoms with van der Waals surface area (Å²) in [4.78, 5) is 16.6. The molecule has 0 unspecified atom stereocenters. The van der Waals surface area contributed by atoms with Crippen LogP contribution in [0.1, 0.15) is 41.5 Å². The lowest BCUT2D eigenvalue weighted by Crippen LogP contribution is -2.41. The van der Waals surface area contributed by atoms with Crippen LogP contribution in [-0.2, 0) is 5.54 Å². The summed E-state index contributed by atoms with van der Waals surface area (Å²) in [7, 11) is 1.59. The second-order valence-electron chi connectivity index (χ2n) is 5.41. The third-order valence-electron chi connectivity index (χ3n) is 3.17. The second kappa shape index (κ2) is 5.55. The largest absolute Gasteiger partial charge is 0.497 e. The molecular formula is C15H19N3O3. The van der Waals surface area contributed by atoms with E-state index >= 15 is 0 Å². The summed E-state index contributed by atoms with van der Waals surface area (Å²) in [5.74, 6) is 1.43. The summed E-state index contributed by atoms with van der Waals surface area (Å²) >= 11 is 0. The Labute approximate surface area is 123 Å². The first kappa shape index (κ1) is 15.0. The van der Waals surface area contributed by atoms with Crippen molar-refractivity contribution in [1.82, 2.24) is 15.5 Å². The maximum absolute atomic E-state index is 12.4. The molecule has 1 aromatic heterocycles. The van der Waals surface area contributed by atoms with E-state index < -0.39 is 5.54 Å². The Morgan fingerprint density at radius 3 is 2.57 bits per heavy atom. The molecule has 0 bridgehead atoms. The van der Waals surface area contributed by atoms with E-state index in [-0.39, 0.29) is 5.91 Å². The number of nitrogens with one attached hydrogen (secondary N) is 1. The highest BCUT2D eigenvalue weighted by Gasteiger charge is 2.29. The van der Waals surface area contributed by atoms with Crippen molar-refractivity contribution < 1.29 is 14.1 Å². The minimum Gasteiger partial charge on any atom is -0.497 e. The quantitative estimate of drug-likeness (QED) is 0.935. The summed E-state index contributed by atoms with van der Waals surface area (Å²) in [5, 5.41) is 6.65. The molecule has 0 saturated heterocycles. The van der Waals surface area contributed by atoms with E-state index in [1.54, 1.807) is 26.2 Å². The Kier molecular flexibility index (Phi) is 3.97. The van der Waals surface area contributed by atoms with Crippen LogP contribution in [0.5, 0.6) is 5.75 Å². The Hall–Kier alpha value is -2.37. The number of hydrogen-bond donors (Lipinski definition) is 1. The summed E-state index contributed by atoms with van der Waals surface area (Å²) in [5.41, 5.74) is 0.675. The van der Waals surface area contributed by atoms with Crippen LogP contribution in [0.3, 0.4) is 0 Å². The molecule has 1 amide bonds. The van der Waals surface area contributed by atoms with E-state index in [0.717, 1.165) is 11.3 Å². The van der Waals surface area contributed by atoms with Crippen molar-refractivity contribution in [2.45, 2.75) is 33.2 Å². The van der Waals surface area contributed by atoms with Gasteiger partial charge in [0.25, 0.3) is 11.8 Å². The van der Waals surface area contributed by atoms with Gasteiger partial charge in [0.2, 0.25) is 0 Å². The lowest BCUT2D eigenvalue weighted by atomic mass is 10.0. The molecule has 0 aliphatic carbocycles. The van der Waals surface area contributed by atoms with Crippen LogP contribution in [-0.4, -0.2) is 23.2 Å². The van der Waals surface area contributed by atoms with Crippen molar-refractivity contribution in [1.29, 1.82) is 0 Å². The summed E-state index contributed by atoms with van der Waals surface area (Å²) in [6, 6.07) is 5.31. The molecule has 6 heteroatoms. The van der Waals surface area contributed by atoms with Crippen LogP contribution in [0, 0.1) is 13.8 Å². The number of methoxy groups -OCH3 is 1. The van der Waals surface area contributed by atoms with E-state index in [4.69, 9.17) is 9.26 Å². The Morgan fingerprint density at radius 2 is 2.05 bits per heavy atom. The van der Waals surface area contributed by atoms with Gasteiger partial charge in [-0.3, -0.25) is 4.79 Å². The third-order valence-corrected chi connectivity index (χ3v) is 3.17. The lowest BCUT2D eigenvalue weighted by Gasteiger charge is -2.22. The van der Waals surface area contributed by atoms with Gasteiger partial charge in [-0.2, -0.15) is 4.98 Å². The van der Waals surface area contributed by atoms with Gasteiger partial charge in [-0.1, -0.05) is 5.16 Å². The van der Waals surface area contributed by atoms with Gasteiger partial charge in [0.15, 0.2) is 5.82 Å². The molecule has 0 spiro atoms. The molecule has 0 radical (unpaired) electrons. The number of amides is 1. The van der Waals surface area contributed by atoms with E-state index in [2.05, 4.69) is 15.5 Å². The number of aryl methyl sites for hydroxylation is 2. The zero-order valence-electron chi connectivity index (χ0n) is 12.9. The highest BCUT2D eigenvalue weighted by atomic mass is 16.5. The molecule has 21 heavy (non-hydrogen) atoms. The molecule has 0 aliphatic heterocycles. The first-order chi connectivity index (χ1) is 9.83. The average molecular weight is 289 g/mol. The normalized spacial score (nSPS) is 11.3. The molecule has 2 aromatic rings. The van der Waals surface area contributed by atoms with Crippen LogP contribution >= 0.6 is 0 Å². The Balaban J connectivity index is 2.21. The van der Waals surface area contributed by atoms with Gasteiger partial charge in [-0.15, -0.1) is 0 Å². The first-order valence-electron chi connectivity index (χ1n) is 6.61. The number of carbonyl (C=O) groups is 1. The zero-order chi connectivity index (χ0) is 15.6. The highest BCUT2D eigenvalue weighted by molar-refractivity contribution is 5.96. The van der Waals surface area contributed by atoms with E-state index in [9.17, 15) is 4.79 Å². The van der Waals surface area contributed by atoms with Crippen molar-refractivity contribution in [2.24, 2.45) is 0 Å². The minimum atomic E-state index is -0.745. The predicted molar refractivity (Wildman–Crippen MR) is 77.3 cm³/mol. The first-order valence-corrected chi connectivity index (χ1v) is 6.61. The number of carbonyl (C=O) groups excluding carboxylic acids is 1. The molecule has 0 fully saturated rings. The number of ether oxygens (including phenoxy) is 1. The molecule has 1 heterocycles. The second-order valence-corrected chi connectivity index (χ2v) is 5.41. The van der Waals surface area contributed by atoms with Gasteiger partial charge < -0.3 is 14.6 Å².